The number of benzene rings is 1. The summed E-state index contributed by atoms with van der Waals surface area (Å²) in [5, 5.41) is 9.80. The van der Waals surface area contributed by atoms with E-state index in [4.69, 9.17) is 5.73 Å². The number of anilines is 1. The van der Waals surface area contributed by atoms with Crippen LogP contribution in [0.15, 0.2) is 21.5 Å². The zero-order chi connectivity index (χ0) is 14.9. The Kier molecular flexibility index (Phi) is 4.68. The van der Waals surface area contributed by atoms with E-state index in [0.29, 0.717) is 12.8 Å². The standard InChI is InChI=1S/C12H16BrFN2O3S/c13-8-5-7(15)6-11(12(8)14)20(18,19)16-9-3-1-2-4-10(9)17/h5-6,9-10,16-17H,1-4,15H2/t9-,10-/m1/s1. The largest absolute Gasteiger partial charge is 0.399 e. The molecule has 8 heteroatoms. The Morgan fingerprint density at radius 1 is 1.35 bits per heavy atom. The molecule has 0 spiro atoms. The summed E-state index contributed by atoms with van der Waals surface area (Å²) in [6, 6.07) is 1.77. The number of halogens is 2. The molecule has 0 radical (unpaired) electrons. The lowest BCUT2D eigenvalue weighted by molar-refractivity contribution is 0.101. The molecule has 1 aromatic carbocycles. The third-order valence-electron chi connectivity index (χ3n) is 3.34. The van der Waals surface area contributed by atoms with Crippen LogP contribution in [-0.4, -0.2) is 25.7 Å². The van der Waals surface area contributed by atoms with Crippen molar-refractivity contribution >= 4 is 31.6 Å². The maximum absolute atomic E-state index is 13.9. The number of rotatable bonds is 3. The SMILES string of the molecule is Nc1cc(Br)c(F)c(S(=O)(=O)N[C@@H]2CCCC[C@H]2O)c1. The molecule has 5 nitrogen and oxygen atoms in total. The van der Waals surface area contributed by atoms with Crippen LogP contribution >= 0.6 is 15.9 Å². The molecule has 0 saturated heterocycles. The number of aliphatic hydroxyl groups is 1. The van der Waals surface area contributed by atoms with Crippen LogP contribution in [0, 0.1) is 5.82 Å². The molecule has 0 aromatic heterocycles. The van der Waals surface area contributed by atoms with Crippen LogP contribution in [0.4, 0.5) is 10.1 Å². The van der Waals surface area contributed by atoms with Crippen molar-refractivity contribution in [3.8, 4) is 0 Å². The minimum Gasteiger partial charge on any atom is -0.399 e. The first-order valence-electron chi connectivity index (χ1n) is 6.26. The summed E-state index contributed by atoms with van der Waals surface area (Å²) in [5.41, 5.74) is 5.69. The van der Waals surface area contributed by atoms with Crippen LogP contribution in [0.5, 0.6) is 0 Å². The number of sulfonamides is 1. The molecule has 0 heterocycles. The third-order valence-corrected chi connectivity index (χ3v) is 5.41. The quantitative estimate of drug-likeness (QED) is 0.710. The molecule has 2 rings (SSSR count). The van der Waals surface area contributed by atoms with Crippen LogP contribution in [0.25, 0.3) is 0 Å². The van der Waals surface area contributed by atoms with Crippen LogP contribution in [0.2, 0.25) is 0 Å². The van der Waals surface area contributed by atoms with Gasteiger partial charge in [0.1, 0.15) is 4.90 Å². The van der Waals surface area contributed by atoms with Crippen molar-refractivity contribution in [2.75, 3.05) is 5.73 Å². The van der Waals surface area contributed by atoms with Gasteiger partial charge in [-0.2, -0.15) is 0 Å². The van der Waals surface area contributed by atoms with Crippen molar-refractivity contribution in [2.45, 2.75) is 42.7 Å². The van der Waals surface area contributed by atoms with Crippen molar-refractivity contribution in [1.82, 2.24) is 4.72 Å². The maximum atomic E-state index is 13.9. The first-order chi connectivity index (χ1) is 9.31. The van der Waals surface area contributed by atoms with Crippen LogP contribution in [0.3, 0.4) is 0 Å². The molecule has 2 atom stereocenters. The fraction of sp³-hybridized carbons (Fsp3) is 0.500. The number of nitrogens with two attached hydrogens (primary N) is 1. The van der Waals surface area contributed by atoms with Gasteiger partial charge in [-0.3, -0.25) is 0 Å². The Bertz CT molecular complexity index is 609. The number of aliphatic hydroxyl groups excluding tert-OH is 1. The molecule has 0 amide bonds. The number of nitrogens with one attached hydrogen (secondary N) is 1. The fourth-order valence-electron chi connectivity index (χ4n) is 2.29. The highest BCUT2D eigenvalue weighted by Gasteiger charge is 2.30. The van der Waals surface area contributed by atoms with Gasteiger partial charge in [0, 0.05) is 11.7 Å². The van der Waals surface area contributed by atoms with E-state index >= 15 is 0 Å². The molecular formula is C12H16BrFN2O3S. The van der Waals surface area contributed by atoms with E-state index in [9.17, 15) is 17.9 Å². The third kappa shape index (κ3) is 3.30. The summed E-state index contributed by atoms with van der Waals surface area (Å²) in [4.78, 5) is -0.512. The average molecular weight is 367 g/mol. The maximum Gasteiger partial charge on any atom is 0.243 e. The molecule has 1 saturated carbocycles. The lowest BCUT2D eigenvalue weighted by Gasteiger charge is -2.28. The van der Waals surface area contributed by atoms with E-state index in [1.54, 1.807) is 0 Å². The van der Waals surface area contributed by atoms with E-state index in [1.807, 2.05) is 0 Å². The predicted molar refractivity (Wildman–Crippen MR) is 77.1 cm³/mol. The molecule has 0 bridgehead atoms. The van der Waals surface area contributed by atoms with Gasteiger partial charge < -0.3 is 10.8 Å². The summed E-state index contributed by atoms with van der Waals surface area (Å²) >= 11 is 2.93. The second-order valence-corrected chi connectivity index (χ2v) is 7.43. The predicted octanol–water partition coefficient (Wildman–Crippen LogP) is 1.75. The molecule has 4 N–H and O–H groups in total. The van der Waals surface area contributed by atoms with Crippen molar-refractivity contribution in [1.29, 1.82) is 0 Å². The summed E-state index contributed by atoms with van der Waals surface area (Å²) in [7, 11) is -4.06. The van der Waals surface area contributed by atoms with Crippen molar-refractivity contribution in [3.05, 3.63) is 22.4 Å². The van der Waals surface area contributed by atoms with Crippen molar-refractivity contribution in [2.24, 2.45) is 0 Å². The molecule has 1 aliphatic carbocycles. The Hall–Kier alpha value is -0.700. The smallest absolute Gasteiger partial charge is 0.243 e. The Morgan fingerprint density at radius 2 is 2.00 bits per heavy atom. The van der Waals surface area contributed by atoms with Crippen molar-refractivity contribution in [3.63, 3.8) is 0 Å². The Morgan fingerprint density at radius 3 is 2.65 bits per heavy atom. The van der Waals surface area contributed by atoms with Crippen LogP contribution in [0.1, 0.15) is 25.7 Å². The summed E-state index contributed by atoms with van der Waals surface area (Å²) < 4.78 is 40.8. The number of hydrogen-bond acceptors (Lipinski definition) is 4. The van der Waals surface area contributed by atoms with Crippen LogP contribution in [-0.2, 0) is 10.0 Å². The first-order valence-corrected chi connectivity index (χ1v) is 8.54. The lowest BCUT2D eigenvalue weighted by Crippen LogP contribution is -2.45. The van der Waals surface area contributed by atoms with Gasteiger partial charge in [-0.05, 0) is 40.9 Å². The van der Waals surface area contributed by atoms with E-state index in [1.165, 1.54) is 6.07 Å². The van der Waals surface area contributed by atoms with E-state index in [0.717, 1.165) is 18.9 Å². The monoisotopic (exact) mass is 366 g/mol. The van der Waals surface area contributed by atoms with E-state index < -0.39 is 32.9 Å². The highest BCUT2D eigenvalue weighted by Crippen LogP contribution is 2.27. The van der Waals surface area contributed by atoms with Crippen molar-refractivity contribution < 1.29 is 17.9 Å². The Labute approximate surface area is 125 Å². The average Bonchev–Trinajstić information content (AvgIpc) is 2.36. The summed E-state index contributed by atoms with van der Waals surface area (Å²) in [6.45, 7) is 0. The molecule has 0 aliphatic heterocycles. The molecule has 1 aromatic rings. The molecule has 20 heavy (non-hydrogen) atoms. The number of nitrogen functional groups attached to an aromatic ring is 1. The fourth-order valence-corrected chi connectivity index (χ4v) is 4.34. The van der Waals surface area contributed by atoms with E-state index in [-0.39, 0.29) is 10.2 Å². The first kappa shape index (κ1) is 15.7. The summed E-state index contributed by atoms with van der Waals surface area (Å²) in [5.74, 6) is -0.892. The van der Waals surface area contributed by atoms with Crippen LogP contribution < -0.4 is 10.5 Å². The minimum atomic E-state index is -4.06. The topological polar surface area (TPSA) is 92.4 Å². The zero-order valence-electron chi connectivity index (χ0n) is 10.6. The van der Waals surface area contributed by atoms with Gasteiger partial charge in [-0.15, -0.1) is 0 Å². The van der Waals surface area contributed by atoms with Gasteiger partial charge in [0.05, 0.1) is 10.6 Å². The highest BCUT2D eigenvalue weighted by atomic mass is 79.9. The lowest BCUT2D eigenvalue weighted by atomic mass is 9.93. The van der Waals surface area contributed by atoms with E-state index in [2.05, 4.69) is 20.7 Å². The number of hydrogen-bond donors (Lipinski definition) is 3. The van der Waals surface area contributed by atoms with Gasteiger partial charge >= 0.3 is 0 Å². The van der Waals surface area contributed by atoms with Gasteiger partial charge in [0.15, 0.2) is 5.82 Å². The normalized spacial score (nSPS) is 23.8. The molecule has 1 aliphatic rings. The minimum absolute atomic E-state index is 0.0120. The highest BCUT2D eigenvalue weighted by molar-refractivity contribution is 9.10. The van der Waals surface area contributed by atoms with Gasteiger partial charge in [0.25, 0.3) is 0 Å². The van der Waals surface area contributed by atoms with Gasteiger partial charge in [0.2, 0.25) is 10.0 Å². The molecule has 0 unspecified atom stereocenters. The summed E-state index contributed by atoms with van der Waals surface area (Å²) in [6.07, 6.45) is 2.01. The van der Waals surface area contributed by atoms with Gasteiger partial charge in [-0.25, -0.2) is 17.5 Å². The Balaban J connectivity index is 2.31. The zero-order valence-corrected chi connectivity index (χ0v) is 13.0. The molecule has 112 valence electrons. The second kappa shape index (κ2) is 5.97. The second-order valence-electron chi connectivity index (χ2n) is 4.89. The molecular weight excluding hydrogens is 351 g/mol. The van der Waals surface area contributed by atoms with Gasteiger partial charge in [-0.1, -0.05) is 12.8 Å². The molecule has 1 fully saturated rings.